The summed E-state index contributed by atoms with van der Waals surface area (Å²) in [4.78, 5) is 25.4. The lowest BCUT2D eigenvalue weighted by atomic mass is 9.97. The number of quaternary nitrogens is 1. The quantitative estimate of drug-likeness (QED) is 0.658. The average molecular weight is 382 g/mol. The van der Waals surface area contributed by atoms with Crippen LogP contribution in [0.1, 0.15) is 30.0 Å². The van der Waals surface area contributed by atoms with Crippen LogP contribution in [0.25, 0.3) is 0 Å². The number of methoxy groups -OCH3 is 1. The molecule has 6 heteroatoms. The Morgan fingerprint density at radius 2 is 1.82 bits per heavy atom. The highest BCUT2D eigenvalue weighted by Gasteiger charge is 2.29. The molecule has 0 bridgehead atoms. The van der Waals surface area contributed by atoms with Crippen LogP contribution in [0.5, 0.6) is 5.75 Å². The molecule has 4 N–H and O–H groups in total. The van der Waals surface area contributed by atoms with E-state index in [1.807, 2.05) is 54.6 Å². The standard InChI is InChI=1S/C22H27N3O3/c1-28-19-11-9-17(10-12-19)21(16-6-3-2-4-7-16)24-20(26)15-25-13-5-8-18(14-25)22(23)27/h2-4,6-7,9-12,18,21H,5,8,13-15H2,1H3,(H2,23,27)(H,24,26)/p+1/t18-,21-/m0/s1. The number of amides is 2. The van der Waals surface area contributed by atoms with Crippen LogP contribution in [0.3, 0.4) is 0 Å². The Balaban J connectivity index is 1.72. The van der Waals surface area contributed by atoms with Gasteiger partial charge in [0.15, 0.2) is 6.54 Å². The van der Waals surface area contributed by atoms with Crippen LogP contribution in [0, 0.1) is 5.92 Å². The van der Waals surface area contributed by atoms with E-state index in [1.165, 1.54) is 0 Å². The van der Waals surface area contributed by atoms with Crippen molar-refractivity contribution in [1.29, 1.82) is 0 Å². The molecule has 0 aromatic heterocycles. The predicted molar refractivity (Wildman–Crippen MR) is 107 cm³/mol. The van der Waals surface area contributed by atoms with Gasteiger partial charge in [-0.3, -0.25) is 9.59 Å². The molecule has 148 valence electrons. The second kappa shape index (κ2) is 9.37. The maximum absolute atomic E-state index is 12.8. The van der Waals surface area contributed by atoms with Crippen molar-refractivity contribution >= 4 is 11.8 Å². The Bertz CT molecular complexity index is 792. The number of hydrogen-bond acceptors (Lipinski definition) is 3. The molecule has 0 radical (unpaired) electrons. The second-order valence-electron chi connectivity index (χ2n) is 7.31. The van der Waals surface area contributed by atoms with Gasteiger partial charge in [-0.1, -0.05) is 42.5 Å². The van der Waals surface area contributed by atoms with Gasteiger partial charge in [0, 0.05) is 0 Å². The molecule has 0 saturated carbocycles. The Labute approximate surface area is 165 Å². The van der Waals surface area contributed by atoms with Crippen molar-refractivity contribution in [1.82, 2.24) is 5.32 Å². The third-order valence-electron chi connectivity index (χ3n) is 5.32. The smallest absolute Gasteiger partial charge is 0.275 e. The van der Waals surface area contributed by atoms with Crippen LogP contribution in [-0.4, -0.2) is 38.6 Å². The monoisotopic (exact) mass is 382 g/mol. The van der Waals surface area contributed by atoms with Crippen LogP contribution in [-0.2, 0) is 9.59 Å². The topological polar surface area (TPSA) is 85.9 Å². The molecule has 2 aromatic rings. The number of carbonyl (C=O) groups excluding carboxylic acids is 2. The normalized spacial score (nSPS) is 20.2. The van der Waals surface area contributed by atoms with Crippen molar-refractivity contribution in [2.75, 3.05) is 26.7 Å². The lowest BCUT2D eigenvalue weighted by Gasteiger charge is -2.28. The van der Waals surface area contributed by atoms with Crippen molar-refractivity contribution in [3.63, 3.8) is 0 Å². The van der Waals surface area contributed by atoms with E-state index < -0.39 is 0 Å². The van der Waals surface area contributed by atoms with E-state index >= 15 is 0 Å². The lowest BCUT2D eigenvalue weighted by molar-refractivity contribution is -0.899. The fourth-order valence-electron chi connectivity index (χ4n) is 3.79. The van der Waals surface area contributed by atoms with Gasteiger partial charge in [-0.25, -0.2) is 0 Å². The molecule has 3 atom stereocenters. The minimum atomic E-state index is -0.266. The Hall–Kier alpha value is -2.86. The number of ether oxygens (including phenoxy) is 1. The highest BCUT2D eigenvalue weighted by Crippen LogP contribution is 2.24. The molecular formula is C22H28N3O3+. The predicted octanol–water partition coefficient (Wildman–Crippen LogP) is 0.681. The first-order chi connectivity index (χ1) is 13.6. The summed E-state index contributed by atoms with van der Waals surface area (Å²) in [5, 5.41) is 3.16. The molecule has 2 amide bonds. The molecular weight excluding hydrogens is 354 g/mol. The van der Waals surface area contributed by atoms with Crippen molar-refractivity contribution in [3.05, 3.63) is 65.7 Å². The largest absolute Gasteiger partial charge is 0.497 e. The number of likely N-dealkylation sites (tertiary alicyclic amines) is 1. The summed E-state index contributed by atoms with van der Waals surface area (Å²) >= 11 is 0. The molecule has 3 rings (SSSR count). The molecule has 28 heavy (non-hydrogen) atoms. The number of rotatable bonds is 7. The number of primary amides is 1. The van der Waals surface area contributed by atoms with E-state index in [1.54, 1.807) is 7.11 Å². The van der Waals surface area contributed by atoms with Gasteiger partial charge in [-0.15, -0.1) is 0 Å². The Kier molecular flexibility index (Phi) is 6.66. The van der Waals surface area contributed by atoms with Gasteiger partial charge in [-0.2, -0.15) is 0 Å². The second-order valence-corrected chi connectivity index (χ2v) is 7.31. The van der Waals surface area contributed by atoms with Crippen molar-refractivity contribution in [2.24, 2.45) is 11.7 Å². The van der Waals surface area contributed by atoms with E-state index in [-0.39, 0.29) is 23.8 Å². The number of nitrogens with two attached hydrogens (primary N) is 1. The molecule has 0 spiro atoms. The van der Waals surface area contributed by atoms with Gasteiger partial charge < -0.3 is 20.7 Å². The summed E-state index contributed by atoms with van der Waals surface area (Å²) in [6.45, 7) is 1.85. The van der Waals surface area contributed by atoms with Crippen LogP contribution in [0.4, 0.5) is 0 Å². The highest BCUT2D eigenvalue weighted by molar-refractivity contribution is 5.78. The summed E-state index contributed by atoms with van der Waals surface area (Å²) in [5.41, 5.74) is 7.46. The van der Waals surface area contributed by atoms with Crippen LogP contribution < -0.4 is 20.7 Å². The molecule has 1 saturated heterocycles. The zero-order chi connectivity index (χ0) is 19.9. The fourth-order valence-corrected chi connectivity index (χ4v) is 3.79. The fraction of sp³-hybridized carbons (Fsp3) is 0.364. The summed E-state index contributed by atoms with van der Waals surface area (Å²) in [6.07, 6.45) is 1.73. The minimum absolute atomic E-state index is 0.0372. The van der Waals surface area contributed by atoms with E-state index in [0.29, 0.717) is 13.1 Å². The van der Waals surface area contributed by atoms with Crippen molar-refractivity contribution < 1.29 is 19.2 Å². The van der Waals surface area contributed by atoms with Gasteiger partial charge in [-0.05, 0) is 36.1 Å². The Morgan fingerprint density at radius 1 is 1.14 bits per heavy atom. The molecule has 2 aromatic carbocycles. The van der Waals surface area contributed by atoms with Crippen LogP contribution in [0.15, 0.2) is 54.6 Å². The number of hydrogen-bond donors (Lipinski definition) is 3. The van der Waals surface area contributed by atoms with Crippen molar-refractivity contribution in [3.8, 4) is 5.75 Å². The number of carbonyl (C=O) groups is 2. The molecule has 1 unspecified atom stereocenters. The number of benzene rings is 2. The average Bonchev–Trinajstić information content (AvgIpc) is 2.73. The van der Waals surface area contributed by atoms with E-state index in [4.69, 9.17) is 10.5 Å². The van der Waals surface area contributed by atoms with Crippen molar-refractivity contribution in [2.45, 2.75) is 18.9 Å². The highest BCUT2D eigenvalue weighted by atomic mass is 16.5. The number of piperidine rings is 1. The minimum Gasteiger partial charge on any atom is -0.497 e. The summed E-state index contributed by atoms with van der Waals surface area (Å²) < 4.78 is 5.24. The zero-order valence-electron chi connectivity index (χ0n) is 16.2. The molecule has 1 heterocycles. The first-order valence-electron chi connectivity index (χ1n) is 9.68. The molecule has 1 aliphatic rings. The first kappa shape index (κ1) is 19.9. The molecule has 1 fully saturated rings. The summed E-state index contributed by atoms with van der Waals surface area (Å²) in [7, 11) is 1.63. The first-order valence-corrected chi connectivity index (χ1v) is 9.68. The molecule has 6 nitrogen and oxygen atoms in total. The van der Waals surface area contributed by atoms with E-state index in [0.717, 1.165) is 41.2 Å². The maximum atomic E-state index is 12.8. The van der Waals surface area contributed by atoms with Crippen LogP contribution >= 0.6 is 0 Å². The van der Waals surface area contributed by atoms with E-state index in [9.17, 15) is 9.59 Å². The lowest BCUT2D eigenvalue weighted by Crippen LogP contribution is -3.15. The molecule has 1 aliphatic heterocycles. The van der Waals surface area contributed by atoms with Gasteiger partial charge in [0.1, 0.15) is 5.75 Å². The SMILES string of the molecule is COc1ccc([C@@H](NC(=O)C[NH+]2CCC[C@H](C(N)=O)C2)c2ccccc2)cc1. The van der Waals surface area contributed by atoms with Gasteiger partial charge in [0.05, 0.1) is 32.2 Å². The van der Waals surface area contributed by atoms with Crippen LogP contribution in [0.2, 0.25) is 0 Å². The summed E-state index contributed by atoms with van der Waals surface area (Å²) in [5.74, 6) is 0.336. The third kappa shape index (κ3) is 5.10. The Morgan fingerprint density at radius 3 is 2.46 bits per heavy atom. The van der Waals surface area contributed by atoms with Gasteiger partial charge >= 0.3 is 0 Å². The number of nitrogens with one attached hydrogen (secondary N) is 2. The maximum Gasteiger partial charge on any atom is 0.275 e. The molecule has 0 aliphatic carbocycles. The summed E-state index contributed by atoms with van der Waals surface area (Å²) in [6, 6.07) is 17.4. The van der Waals surface area contributed by atoms with Gasteiger partial charge in [0.25, 0.3) is 5.91 Å². The van der Waals surface area contributed by atoms with Gasteiger partial charge in [0.2, 0.25) is 5.91 Å². The zero-order valence-corrected chi connectivity index (χ0v) is 16.2. The van der Waals surface area contributed by atoms with E-state index in [2.05, 4.69) is 5.32 Å². The third-order valence-corrected chi connectivity index (χ3v) is 5.32.